The second kappa shape index (κ2) is 4.57. The summed E-state index contributed by atoms with van der Waals surface area (Å²) < 4.78 is 2.63. The van der Waals surface area contributed by atoms with Crippen LogP contribution in [0.2, 0.25) is 0 Å². The van der Waals surface area contributed by atoms with Crippen molar-refractivity contribution in [3.05, 3.63) is 4.77 Å². The first-order valence-corrected chi connectivity index (χ1v) is 6.89. The highest BCUT2D eigenvalue weighted by molar-refractivity contribution is 7.99. The van der Waals surface area contributed by atoms with E-state index < -0.39 is 0 Å². The van der Waals surface area contributed by atoms with Gasteiger partial charge in [-0.2, -0.15) is 11.8 Å². The lowest BCUT2D eigenvalue weighted by atomic mass is 9.95. The van der Waals surface area contributed by atoms with E-state index in [-0.39, 0.29) is 0 Å². The molecule has 0 aromatic carbocycles. The summed E-state index contributed by atoms with van der Waals surface area (Å²) in [6, 6.07) is 0.417. The minimum atomic E-state index is 0.417. The zero-order chi connectivity index (χ0) is 10.8. The Bertz CT molecular complexity index is 384. The van der Waals surface area contributed by atoms with Crippen molar-refractivity contribution in [1.82, 2.24) is 14.8 Å². The van der Waals surface area contributed by atoms with Crippen LogP contribution in [-0.4, -0.2) is 26.3 Å². The summed E-state index contributed by atoms with van der Waals surface area (Å²) in [5, 5.41) is 7.35. The van der Waals surface area contributed by atoms with E-state index in [4.69, 9.17) is 18.0 Å². The summed E-state index contributed by atoms with van der Waals surface area (Å²) in [4.78, 5) is 0. The van der Waals surface area contributed by atoms with Gasteiger partial charge in [0.2, 0.25) is 5.95 Å². The fourth-order valence-electron chi connectivity index (χ4n) is 2.28. The van der Waals surface area contributed by atoms with Crippen LogP contribution in [0.3, 0.4) is 0 Å². The molecule has 2 atom stereocenters. The van der Waals surface area contributed by atoms with E-state index in [9.17, 15) is 0 Å². The number of nitrogen functional groups attached to an aromatic ring is 1. The Morgan fingerprint density at radius 1 is 1.53 bits per heavy atom. The molecule has 2 rings (SSSR count). The van der Waals surface area contributed by atoms with Gasteiger partial charge in [0.05, 0.1) is 6.04 Å². The van der Waals surface area contributed by atoms with Gasteiger partial charge in [-0.25, -0.2) is 5.10 Å². The second-order valence-electron chi connectivity index (χ2n) is 3.88. The molecule has 0 saturated heterocycles. The first-order chi connectivity index (χ1) is 7.24. The van der Waals surface area contributed by atoms with Gasteiger partial charge in [-0.1, -0.05) is 12.8 Å². The number of nitrogens with one attached hydrogen (secondary N) is 1. The van der Waals surface area contributed by atoms with Gasteiger partial charge in [-0.15, -0.1) is 5.10 Å². The number of aromatic amines is 1. The topological polar surface area (TPSA) is 59.6 Å². The number of rotatable bonds is 2. The molecule has 3 N–H and O–H groups in total. The molecule has 1 fully saturated rings. The Morgan fingerprint density at radius 3 is 2.87 bits per heavy atom. The number of hydrogen-bond acceptors (Lipinski definition) is 4. The number of H-pyrrole nitrogens is 1. The molecule has 0 amide bonds. The van der Waals surface area contributed by atoms with E-state index in [1.165, 1.54) is 19.3 Å². The molecule has 84 valence electrons. The van der Waals surface area contributed by atoms with Gasteiger partial charge >= 0.3 is 0 Å². The van der Waals surface area contributed by atoms with E-state index >= 15 is 0 Å². The van der Waals surface area contributed by atoms with Crippen LogP contribution in [0.5, 0.6) is 0 Å². The van der Waals surface area contributed by atoms with Gasteiger partial charge in [-0.3, -0.25) is 4.57 Å². The van der Waals surface area contributed by atoms with E-state index in [0.717, 1.165) is 6.42 Å². The fraction of sp³-hybridized carbons (Fsp3) is 0.778. The quantitative estimate of drug-likeness (QED) is 0.784. The van der Waals surface area contributed by atoms with Crippen LogP contribution in [0.1, 0.15) is 31.7 Å². The SMILES string of the molecule is CSC1CCCCC1n1c(N)n[nH]c1=S. The molecule has 0 aliphatic heterocycles. The standard InChI is InChI=1S/C9H16N4S2/c1-15-7-5-3-2-4-6(7)13-8(10)11-12-9(13)14/h6-7H,2-5H2,1H3,(H2,10,11)(H,12,14). The van der Waals surface area contributed by atoms with Crippen LogP contribution in [0.4, 0.5) is 5.95 Å². The summed E-state index contributed by atoms with van der Waals surface area (Å²) >= 11 is 7.12. The second-order valence-corrected chi connectivity index (χ2v) is 5.35. The molecular weight excluding hydrogens is 228 g/mol. The number of aromatic nitrogens is 3. The lowest BCUT2D eigenvalue weighted by Gasteiger charge is -2.31. The first-order valence-electron chi connectivity index (χ1n) is 5.19. The van der Waals surface area contributed by atoms with Crippen molar-refractivity contribution in [3.8, 4) is 0 Å². The fourth-order valence-corrected chi connectivity index (χ4v) is 3.53. The first kappa shape index (κ1) is 11.0. The maximum absolute atomic E-state index is 5.83. The highest BCUT2D eigenvalue weighted by atomic mass is 32.2. The van der Waals surface area contributed by atoms with Crippen molar-refractivity contribution in [2.75, 3.05) is 12.0 Å². The van der Waals surface area contributed by atoms with Crippen molar-refractivity contribution in [1.29, 1.82) is 0 Å². The summed E-state index contributed by atoms with van der Waals surface area (Å²) in [5.74, 6) is 0.519. The number of nitrogens with two attached hydrogens (primary N) is 1. The van der Waals surface area contributed by atoms with E-state index in [1.54, 1.807) is 0 Å². The molecule has 1 aromatic heterocycles. The predicted octanol–water partition coefficient (Wildman–Crippen LogP) is 2.37. The number of thioether (sulfide) groups is 1. The molecule has 1 saturated carbocycles. The Kier molecular flexibility index (Phi) is 3.35. The molecule has 1 aliphatic carbocycles. The van der Waals surface area contributed by atoms with Crippen molar-refractivity contribution >= 4 is 29.9 Å². The largest absolute Gasteiger partial charge is 0.368 e. The van der Waals surface area contributed by atoms with Crippen LogP contribution in [0, 0.1) is 4.77 Å². The zero-order valence-corrected chi connectivity index (χ0v) is 10.4. The lowest BCUT2D eigenvalue weighted by molar-refractivity contribution is 0.365. The highest BCUT2D eigenvalue weighted by Gasteiger charge is 2.27. The third-order valence-corrected chi connectivity index (χ3v) is 4.48. The van der Waals surface area contributed by atoms with E-state index in [0.29, 0.717) is 22.0 Å². The van der Waals surface area contributed by atoms with Gasteiger partial charge in [0.25, 0.3) is 0 Å². The van der Waals surface area contributed by atoms with Crippen LogP contribution >= 0.6 is 24.0 Å². The minimum absolute atomic E-state index is 0.417. The Hall–Kier alpha value is -0.490. The van der Waals surface area contributed by atoms with Crippen molar-refractivity contribution in [2.24, 2.45) is 0 Å². The van der Waals surface area contributed by atoms with Gasteiger partial charge in [0.1, 0.15) is 0 Å². The molecule has 2 unspecified atom stereocenters. The molecular formula is C9H16N4S2. The number of hydrogen-bond donors (Lipinski definition) is 2. The van der Waals surface area contributed by atoms with Gasteiger partial charge in [0.15, 0.2) is 4.77 Å². The molecule has 4 nitrogen and oxygen atoms in total. The normalized spacial score (nSPS) is 26.7. The molecule has 0 spiro atoms. The number of nitrogens with zero attached hydrogens (tertiary/aromatic N) is 2. The minimum Gasteiger partial charge on any atom is -0.368 e. The molecule has 6 heteroatoms. The average molecular weight is 244 g/mol. The smallest absolute Gasteiger partial charge is 0.220 e. The molecule has 1 aromatic rings. The van der Waals surface area contributed by atoms with Crippen LogP contribution < -0.4 is 5.73 Å². The molecule has 15 heavy (non-hydrogen) atoms. The van der Waals surface area contributed by atoms with Crippen LogP contribution in [0.15, 0.2) is 0 Å². The van der Waals surface area contributed by atoms with Crippen LogP contribution in [-0.2, 0) is 0 Å². The number of anilines is 1. The zero-order valence-electron chi connectivity index (χ0n) is 8.77. The highest BCUT2D eigenvalue weighted by Crippen LogP contribution is 2.36. The average Bonchev–Trinajstić information content (AvgIpc) is 2.59. The van der Waals surface area contributed by atoms with Gasteiger partial charge in [0, 0.05) is 5.25 Å². The molecule has 1 heterocycles. The summed E-state index contributed by atoms with van der Waals surface area (Å²) in [5.41, 5.74) is 5.83. The van der Waals surface area contributed by atoms with E-state index in [1.807, 2.05) is 16.3 Å². The summed E-state index contributed by atoms with van der Waals surface area (Å²) in [6.45, 7) is 0. The van der Waals surface area contributed by atoms with Gasteiger partial charge < -0.3 is 5.73 Å². The van der Waals surface area contributed by atoms with Crippen LogP contribution in [0.25, 0.3) is 0 Å². The molecule has 0 bridgehead atoms. The predicted molar refractivity (Wildman–Crippen MR) is 66.6 cm³/mol. The monoisotopic (exact) mass is 244 g/mol. The van der Waals surface area contributed by atoms with E-state index in [2.05, 4.69) is 16.5 Å². The lowest BCUT2D eigenvalue weighted by Crippen LogP contribution is -2.26. The third-order valence-electron chi connectivity index (χ3n) is 3.03. The third kappa shape index (κ3) is 2.06. The van der Waals surface area contributed by atoms with Gasteiger partial charge in [-0.05, 0) is 31.3 Å². The van der Waals surface area contributed by atoms with Crippen molar-refractivity contribution in [2.45, 2.75) is 37.0 Å². The maximum atomic E-state index is 5.83. The summed E-state index contributed by atoms with van der Waals surface area (Å²) in [7, 11) is 0. The maximum Gasteiger partial charge on any atom is 0.220 e. The Labute approximate surface area is 98.6 Å². The summed E-state index contributed by atoms with van der Waals surface area (Å²) in [6.07, 6.45) is 7.13. The van der Waals surface area contributed by atoms with Crippen molar-refractivity contribution in [3.63, 3.8) is 0 Å². The molecule has 0 radical (unpaired) electrons. The molecule has 1 aliphatic rings. The van der Waals surface area contributed by atoms with Crippen molar-refractivity contribution < 1.29 is 0 Å². The Morgan fingerprint density at radius 2 is 2.27 bits per heavy atom. The Balaban J connectivity index is 2.32.